The molecule has 18 heavy (non-hydrogen) atoms. The number of rotatable bonds is 9. The number of ketones is 1. The first-order valence-corrected chi connectivity index (χ1v) is 5.94. The number of likely N-dealkylation sites (N-methyl/N-ethyl adjacent to an activating group) is 1. The smallest absolute Gasteiger partial charge is 0.307 e. The van der Waals surface area contributed by atoms with Crippen LogP contribution in [0.5, 0.6) is 0 Å². The Morgan fingerprint density at radius 1 is 1.17 bits per heavy atom. The fourth-order valence-corrected chi connectivity index (χ4v) is 1.70. The van der Waals surface area contributed by atoms with Crippen LogP contribution in [-0.4, -0.2) is 41.0 Å². The topological polar surface area (TPSA) is 104 Å². The number of carboxylic acids is 2. The first-order chi connectivity index (χ1) is 8.29. The highest BCUT2D eigenvalue weighted by molar-refractivity contribution is 5.88. The summed E-state index contributed by atoms with van der Waals surface area (Å²) in [7, 11) is 1.57. The largest absolute Gasteiger partial charge is 0.481 e. The molecule has 0 radical (unpaired) electrons. The monoisotopic (exact) mass is 259 g/mol. The Labute approximate surface area is 106 Å². The third kappa shape index (κ3) is 5.77. The van der Waals surface area contributed by atoms with Crippen molar-refractivity contribution in [2.45, 2.75) is 39.2 Å². The van der Waals surface area contributed by atoms with Crippen molar-refractivity contribution in [3.63, 3.8) is 0 Å². The standard InChI is InChI=1S/C12H21NO5/c1-7(2)8(12(17)18)6-10(14)9(13-3)4-5-11(15)16/h7-9,13H,4-6H2,1-3H3,(H,15,16)(H,17,18)/t8-,9-/m0/s1. The minimum absolute atomic E-state index is 0.0713. The lowest BCUT2D eigenvalue weighted by Gasteiger charge is -2.19. The molecular weight excluding hydrogens is 238 g/mol. The van der Waals surface area contributed by atoms with Crippen LogP contribution < -0.4 is 5.32 Å². The Morgan fingerprint density at radius 2 is 1.72 bits per heavy atom. The summed E-state index contributed by atoms with van der Waals surface area (Å²) >= 11 is 0. The van der Waals surface area contributed by atoms with Crippen LogP contribution in [0.1, 0.15) is 33.1 Å². The number of hydrogen-bond acceptors (Lipinski definition) is 4. The lowest BCUT2D eigenvalue weighted by molar-refractivity contribution is -0.146. The number of carbonyl (C=O) groups is 3. The van der Waals surface area contributed by atoms with Crippen molar-refractivity contribution in [3.05, 3.63) is 0 Å². The van der Waals surface area contributed by atoms with Gasteiger partial charge in [0.1, 0.15) is 0 Å². The number of nitrogens with one attached hydrogen (secondary N) is 1. The third-order valence-electron chi connectivity index (χ3n) is 2.93. The van der Waals surface area contributed by atoms with Crippen molar-refractivity contribution in [1.29, 1.82) is 0 Å². The molecule has 0 spiro atoms. The molecule has 0 rings (SSSR count). The molecule has 3 N–H and O–H groups in total. The summed E-state index contributed by atoms with van der Waals surface area (Å²) in [6, 6.07) is -0.596. The molecule has 0 aliphatic heterocycles. The van der Waals surface area contributed by atoms with Gasteiger partial charge in [0.25, 0.3) is 0 Å². The maximum Gasteiger partial charge on any atom is 0.307 e. The summed E-state index contributed by atoms with van der Waals surface area (Å²) in [5.74, 6) is -3.07. The van der Waals surface area contributed by atoms with E-state index in [1.807, 2.05) is 0 Å². The molecule has 0 bridgehead atoms. The minimum atomic E-state index is -0.994. The van der Waals surface area contributed by atoms with Crippen molar-refractivity contribution in [2.24, 2.45) is 11.8 Å². The highest BCUT2D eigenvalue weighted by Crippen LogP contribution is 2.17. The summed E-state index contributed by atoms with van der Waals surface area (Å²) in [6.45, 7) is 3.50. The SMILES string of the molecule is CN[C@@H](CCC(=O)O)C(=O)C[C@H](C(=O)O)C(C)C. The molecule has 0 aromatic heterocycles. The molecule has 0 heterocycles. The molecule has 0 aromatic rings. The van der Waals surface area contributed by atoms with Crippen LogP contribution in [0.15, 0.2) is 0 Å². The van der Waals surface area contributed by atoms with Gasteiger partial charge in [0, 0.05) is 12.8 Å². The molecule has 104 valence electrons. The van der Waals surface area contributed by atoms with Crippen LogP contribution in [0.3, 0.4) is 0 Å². The van der Waals surface area contributed by atoms with Crippen molar-refractivity contribution >= 4 is 17.7 Å². The minimum Gasteiger partial charge on any atom is -0.481 e. The lowest BCUT2D eigenvalue weighted by atomic mass is 9.88. The summed E-state index contributed by atoms with van der Waals surface area (Å²) in [4.78, 5) is 33.3. The van der Waals surface area contributed by atoms with Crippen LogP contribution >= 0.6 is 0 Å². The fraction of sp³-hybridized carbons (Fsp3) is 0.750. The molecule has 0 fully saturated rings. The molecule has 6 heteroatoms. The van der Waals surface area contributed by atoms with Crippen LogP contribution in [-0.2, 0) is 14.4 Å². The zero-order valence-corrected chi connectivity index (χ0v) is 11.0. The number of Topliss-reactive ketones (excluding diaryl/α,β-unsaturated/α-hetero) is 1. The van der Waals surface area contributed by atoms with Crippen LogP contribution in [0.2, 0.25) is 0 Å². The first-order valence-electron chi connectivity index (χ1n) is 5.94. The van der Waals surface area contributed by atoms with Gasteiger partial charge in [-0.05, 0) is 19.4 Å². The van der Waals surface area contributed by atoms with E-state index in [9.17, 15) is 14.4 Å². The summed E-state index contributed by atoms with van der Waals surface area (Å²) in [6.07, 6.45) is -0.0100. The number of carbonyl (C=O) groups excluding carboxylic acids is 1. The Hall–Kier alpha value is -1.43. The number of hydrogen-bond donors (Lipinski definition) is 3. The van der Waals surface area contributed by atoms with E-state index < -0.39 is 23.9 Å². The molecule has 2 atom stereocenters. The average molecular weight is 259 g/mol. The summed E-state index contributed by atoms with van der Waals surface area (Å²) in [5, 5.41) is 20.3. The fourth-order valence-electron chi connectivity index (χ4n) is 1.70. The van der Waals surface area contributed by atoms with E-state index in [4.69, 9.17) is 10.2 Å². The molecule has 0 aliphatic carbocycles. The highest BCUT2D eigenvalue weighted by atomic mass is 16.4. The van der Waals surface area contributed by atoms with Gasteiger partial charge in [0.15, 0.2) is 5.78 Å². The van der Waals surface area contributed by atoms with Crippen molar-refractivity contribution in [1.82, 2.24) is 5.32 Å². The van der Waals surface area contributed by atoms with Crippen LogP contribution in [0, 0.1) is 11.8 Å². The van der Waals surface area contributed by atoms with E-state index >= 15 is 0 Å². The van der Waals surface area contributed by atoms with E-state index in [0.29, 0.717) is 0 Å². The van der Waals surface area contributed by atoms with E-state index in [1.165, 1.54) is 0 Å². The van der Waals surface area contributed by atoms with Gasteiger partial charge in [-0.15, -0.1) is 0 Å². The van der Waals surface area contributed by atoms with Gasteiger partial charge in [-0.1, -0.05) is 13.8 Å². The molecule has 0 saturated carbocycles. The van der Waals surface area contributed by atoms with E-state index in [1.54, 1.807) is 20.9 Å². The molecular formula is C12H21NO5. The van der Waals surface area contributed by atoms with Crippen LogP contribution in [0.4, 0.5) is 0 Å². The lowest BCUT2D eigenvalue weighted by Crippen LogP contribution is -2.37. The molecule has 0 saturated heterocycles. The van der Waals surface area contributed by atoms with E-state index in [0.717, 1.165) is 0 Å². The van der Waals surface area contributed by atoms with Gasteiger partial charge in [-0.25, -0.2) is 0 Å². The van der Waals surface area contributed by atoms with Gasteiger partial charge in [0.05, 0.1) is 12.0 Å². The second-order valence-electron chi connectivity index (χ2n) is 4.63. The Bertz CT molecular complexity index is 314. The maximum atomic E-state index is 11.9. The van der Waals surface area contributed by atoms with Gasteiger partial charge in [-0.2, -0.15) is 0 Å². The molecule has 0 unspecified atom stereocenters. The van der Waals surface area contributed by atoms with Gasteiger partial charge >= 0.3 is 11.9 Å². The highest BCUT2D eigenvalue weighted by Gasteiger charge is 2.27. The second-order valence-corrected chi connectivity index (χ2v) is 4.63. The van der Waals surface area contributed by atoms with Crippen LogP contribution in [0.25, 0.3) is 0 Å². The van der Waals surface area contributed by atoms with Gasteiger partial charge in [0.2, 0.25) is 0 Å². The normalized spacial score (nSPS) is 14.2. The van der Waals surface area contributed by atoms with Crippen molar-refractivity contribution in [3.8, 4) is 0 Å². The second kappa shape index (κ2) is 7.81. The van der Waals surface area contributed by atoms with Crippen molar-refractivity contribution < 1.29 is 24.6 Å². The average Bonchev–Trinajstić information content (AvgIpc) is 2.25. The van der Waals surface area contributed by atoms with Gasteiger partial charge in [-0.3, -0.25) is 14.4 Å². The van der Waals surface area contributed by atoms with Gasteiger partial charge < -0.3 is 15.5 Å². The van der Waals surface area contributed by atoms with E-state index in [-0.39, 0.29) is 31.0 Å². The Morgan fingerprint density at radius 3 is 2.06 bits per heavy atom. The zero-order valence-electron chi connectivity index (χ0n) is 11.0. The molecule has 6 nitrogen and oxygen atoms in total. The summed E-state index contributed by atoms with van der Waals surface area (Å²) < 4.78 is 0. The number of carboxylic acid groups (broad SMARTS) is 2. The Kier molecular flexibility index (Phi) is 7.19. The molecule has 0 amide bonds. The van der Waals surface area contributed by atoms with Crippen molar-refractivity contribution in [2.75, 3.05) is 7.05 Å². The molecule has 0 aromatic carbocycles. The Balaban J connectivity index is 4.50. The predicted molar refractivity (Wildman–Crippen MR) is 65.3 cm³/mol. The first kappa shape index (κ1) is 16.6. The third-order valence-corrected chi connectivity index (χ3v) is 2.93. The predicted octanol–water partition coefficient (Wildman–Crippen LogP) is 0.755. The van der Waals surface area contributed by atoms with E-state index in [2.05, 4.69) is 5.32 Å². The number of aliphatic carboxylic acids is 2. The zero-order chi connectivity index (χ0) is 14.3. The summed E-state index contributed by atoms with van der Waals surface area (Å²) in [5.41, 5.74) is 0. The quantitative estimate of drug-likeness (QED) is 0.564. The maximum absolute atomic E-state index is 11.9. The molecule has 0 aliphatic rings.